The van der Waals surface area contributed by atoms with Crippen LogP contribution in [-0.4, -0.2) is 15.5 Å². The topological polar surface area (TPSA) is 30.2 Å². The molecule has 0 unspecified atom stereocenters. The van der Waals surface area contributed by atoms with E-state index in [9.17, 15) is 4.39 Å². The van der Waals surface area contributed by atoms with Crippen molar-refractivity contribution in [2.24, 2.45) is 4.99 Å². The molecule has 0 N–H and O–H groups in total. The first-order valence-corrected chi connectivity index (χ1v) is 7.24. The largest absolute Gasteiger partial charge is 0.256 e. The number of allylic oxidation sites excluding steroid dienone is 6. The van der Waals surface area contributed by atoms with E-state index in [1.165, 1.54) is 10.7 Å². The molecule has 1 aromatic heterocycles. The lowest BCUT2D eigenvalue weighted by Gasteiger charge is -2.03. The molecular formula is C19H16FN3. The van der Waals surface area contributed by atoms with Crippen LogP contribution in [0.3, 0.4) is 0 Å². The summed E-state index contributed by atoms with van der Waals surface area (Å²) in [6, 6.07) is 6.54. The molecule has 1 heterocycles. The molecule has 0 amide bonds. The fourth-order valence-electron chi connectivity index (χ4n) is 2.17. The van der Waals surface area contributed by atoms with Gasteiger partial charge in [0, 0.05) is 18.0 Å². The van der Waals surface area contributed by atoms with Gasteiger partial charge in [-0.1, -0.05) is 36.9 Å². The Morgan fingerprint density at radius 3 is 2.83 bits per heavy atom. The van der Waals surface area contributed by atoms with E-state index in [2.05, 4.69) is 16.7 Å². The minimum Gasteiger partial charge on any atom is -0.256 e. The lowest BCUT2D eigenvalue weighted by atomic mass is 10.1. The summed E-state index contributed by atoms with van der Waals surface area (Å²) in [7, 11) is 0. The fourth-order valence-corrected chi connectivity index (χ4v) is 2.17. The molecule has 1 aliphatic carbocycles. The summed E-state index contributed by atoms with van der Waals surface area (Å²) in [6.45, 7) is 5.89. The third-order valence-electron chi connectivity index (χ3n) is 3.53. The molecule has 0 aliphatic heterocycles. The van der Waals surface area contributed by atoms with Crippen molar-refractivity contribution >= 4 is 11.3 Å². The number of nitrogens with zero attached hydrogens (tertiary/aromatic N) is 3. The van der Waals surface area contributed by atoms with Crippen molar-refractivity contribution in [2.75, 3.05) is 0 Å². The molecular weight excluding hydrogens is 289 g/mol. The number of hydrogen-bond acceptors (Lipinski definition) is 2. The molecule has 3 nitrogen and oxygen atoms in total. The van der Waals surface area contributed by atoms with Gasteiger partial charge in [-0.05, 0) is 36.3 Å². The van der Waals surface area contributed by atoms with Gasteiger partial charge in [-0.2, -0.15) is 5.10 Å². The predicted molar refractivity (Wildman–Crippen MR) is 92.0 cm³/mol. The smallest absolute Gasteiger partial charge is 0.148 e. The van der Waals surface area contributed by atoms with E-state index in [1.807, 2.05) is 31.2 Å². The van der Waals surface area contributed by atoms with Crippen molar-refractivity contribution < 1.29 is 4.39 Å². The standard InChI is InChI=1S/C19H16FN3/c1-14-7-3-5-9-18(14)21-11-15(2)16-12-22-23(13-16)19-10-6-4-8-17(19)20/h3-13H,1H2,2H3/b15-11+,21-18-. The van der Waals surface area contributed by atoms with Crippen LogP contribution < -0.4 is 0 Å². The van der Waals surface area contributed by atoms with Crippen LogP contribution in [0.4, 0.5) is 4.39 Å². The number of hydrogen-bond donors (Lipinski definition) is 0. The number of aliphatic imine (C=N–C) groups is 1. The van der Waals surface area contributed by atoms with Crippen molar-refractivity contribution in [1.82, 2.24) is 9.78 Å². The number of benzene rings is 1. The molecule has 0 bridgehead atoms. The highest BCUT2D eigenvalue weighted by atomic mass is 19.1. The maximum absolute atomic E-state index is 13.8. The van der Waals surface area contributed by atoms with Gasteiger partial charge in [-0.25, -0.2) is 9.07 Å². The van der Waals surface area contributed by atoms with Gasteiger partial charge in [-0.15, -0.1) is 0 Å². The van der Waals surface area contributed by atoms with Crippen LogP contribution in [0, 0.1) is 5.82 Å². The van der Waals surface area contributed by atoms with Gasteiger partial charge in [0.25, 0.3) is 0 Å². The maximum atomic E-state index is 13.8. The van der Waals surface area contributed by atoms with E-state index >= 15 is 0 Å². The van der Waals surface area contributed by atoms with Gasteiger partial charge in [0.15, 0.2) is 0 Å². The Hall–Kier alpha value is -3.01. The Bertz CT molecular complexity index is 866. The van der Waals surface area contributed by atoms with Crippen LogP contribution in [-0.2, 0) is 0 Å². The van der Waals surface area contributed by atoms with Crippen LogP contribution in [0.5, 0.6) is 0 Å². The summed E-state index contributed by atoms with van der Waals surface area (Å²) < 4.78 is 15.3. The van der Waals surface area contributed by atoms with E-state index in [0.29, 0.717) is 5.69 Å². The fraction of sp³-hybridized carbons (Fsp3) is 0.0526. The van der Waals surface area contributed by atoms with Gasteiger partial charge in [0.1, 0.15) is 11.5 Å². The SMILES string of the molecule is C=C1C=CC=C/C1=N/C=C(\C)c1cnn(-c2ccccc2F)c1. The summed E-state index contributed by atoms with van der Waals surface area (Å²) in [4.78, 5) is 4.45. The summed E-state index contributed by atoms with van der Waals surface area (Å²) in [6.07, 6.45) is 12.9. The highest BCUT2D eigenvalue weighted by Gasteiger charge is 2.07. The Morgan fingerprint density at radius 1 is 1.26 bits per heavy atom. The first-order valence-electron chi connectivity index (χ1n) is 7.24. The van der Waals surface area contributed by atoms with Gasteiger partial charge in [0.05, 0.1) is 11.9 Å². The monoisotopic (exact) mass is 305 g/mol. The van der Waals surface area contributed by atoms with E-state index in [4.69, 9.17) is 0 Å². The first kappa shape index (κ1) is 14.9. The average Bonchev–Trinajstić information content (AvgIpc) is 3.04. The normalized spacial score (nSPS) is 16.3. The van der Waals surface area contributed by atoms with Crippen molar-refractivity contribution in [2.45, 2.75) is 6.92 Å². The first-order chi connectivity index (χ1) is 11.1. The molecule has 1 aliphatic rings. The molecule has 114 valence electrons. The summed E-state index contributed by atoms with van der Waals surface area (Å²) in [5, 5.41) is 4.22. The highest BCUT2D eigenvalue weighted by molar-refractivity contribution is 6.11. The molecule has 1 aromatic carbocycles. The zero-order valence-electron chi connectivity index (χ0n) is 12.8. The molecule has 4 heteroatoms. The third kappa shape index (κ3) is 3.26. The number of aromatic nitrogens is 2. The number of para-hydroxylation sites is 1. The van der Waals surface area contributed by atoms with Gasteiger partial charge < -0.3 is 0 Å². The molecule has 23 heavy (non-hydrogen) atoms. The maximum Gasteiger partial charge on any atom is 0.148 e. The van der Waals surface area contributed by atoms with Gasteiger partial charge in [0.2, 0.25) is 0 Å². The molecule has 3 rings (SSSR count). The zero-order chi connectivity index (χ0) is 16.2. The van der Waals surface area contributed by atoms with Crippen LogP contribution >= 0.6 is 0 Å². The van der Waals surface area contributed by atoms with E-state index in [1.54, 1.807) is 36.8 Å². The quantitative estimate of drug-likeness (QED) is 0.821. The molecule has 0 saturated heterocycles. The van der Waals surface area contributed by atoms with E-state index < -0.39 is 0 Å². The van der Waals surface area contributed by atoms with E-state index in [-0.39, 0.29) is 5.82 Å². The summed E-state index contributed by atoms with van der Waals surface area (Å²) in [5.41, 5.74) is 3.95. The summed E-state index contributed by atoms with van der Waals surface area (Å²) in [5.74, 6) is -0.306. The van der Waals surface area contributed by atoms with Crippen molar-refractivity contribution in [3.8, 4) is 5.69 Å². The Morgan fingerprint density at radius 2 is 2.04 bits per heavy atom. The molecule has 0 spiro atoms. The molecule has 0 fully saturated rings. The van der Waals surface area contributed by atoms with Crippen LogP contribution in [0.25, 0.3) is 11.3 Å². The van der Waals surface area contributed by atoms with Crippen molar-refractivity contribution in [3.05, 3.63) is 90.7 Å². The van der Waals surface area contributed by atoms with Gasteiger partial charge >= 0.3 is 0 Å². The summed E-state index contributed by atoms with van der Waals surface area (Å²) >= 11 is 0. The second-order valence-electron chi connectivity index (χ2n) is 5.19. The zero-order valence-corrected chi connectivity index (χ0v) is 12.8. The lowest BCUT2D eigenvalue weighted by Crippen LogP contribution is -1.97. The van der Waals surface area contributed by atoms with Crippen LogP contribution in [0.2, 0.25) is 0 Å². The predicted octanol–water partition coefficient (Wildman–Crippen LogP) is 4.50. The van der Waals surface area contributed by atoms with Gasteiger partial charge in [-0.3, -0.25) is 4.99 Å². The third-order valence-corrected chi connectivity index (χ3v) is 3.53. The van der Waals surface area contributed by atoms with Crippen molar-refractivity contribution in [3.63, 3.8) is 0 Å². The molecule has 0 atom stereocenters. The Labute approximate surface area is 134 Å². The van der Waals surface area contributed by atoms with Crippen molar-refractivity contribution in [1.29, 1.82) is 0 Å². The minimum atomic E-state index is -0.306. The second-order valence-corrected chi connectivity index (χ2v) is 5.19. The number of halogens is 1. The second kappa shape index (κ2) is 6.40. The Kier molecular flexibility index (Phi) is 4.15. The van der Waals surface area contributed by atoms with Crippen LogP contribution in [0.15, 0.2) is 84.3 Å². The molecule has 0 saturated carbocycles. The molecule has 0 radical (unpaired) electrons. The lowest BCUT2D eigenvalue weighted by molar-refractivity contribution is 0.611. The minimum absolute atomic E-state index is 0.306. The average molecular weight is 305 g/mol. The van der Waals surface area contributed by atoms with E-state index in [0.717, 1.165) is 22.4 Å². The highest BCUT2D eigenvalue weighted by Crippen LogP contribution is 2.18. The Balaban J connectivity index is 1.86. The molecule has 2 aromatic rings. The number of rotatable bonds is 3. The van der Waals surface area contributed by atoms with Crippen LogP contribution in [0.1, 0.15) is 12.5 Å².